The summed E-state index contributed by atoms with van der Waals surface area (Å²) < 4.78 is 16.3. The first-order valence-electron chi connectivity index (χ1n) is 6.78. The molecule has 1 aromatic rings. The number of hydrogen-bond donors (Lipinski definition) is 1. The van der Waals surface area contributed by atoms with Crippen LogP contribution in [-0.4, -0.2) is 27.9 Å². The molecule has 0 aliphatic carbocycles. The van der Waals surface area contributed by atoms with Gasteiger partial charge in [-0.1, -0.05) is 19.1 Å². The number of methoxy groups -OCH3 is 3. The highest BCUT2D eigenvalue weighted by atomic mass is 16.5. The SMILES string of the molecule is C=C(C)C(NCCC)c1ccc(OC)c(OC)c1OC. The van der Waals surface area contributed by atoms with Gasteiger partial charge in [-0.05, 0) is 32.0 Å². The van der Waals surface area contributed by atoms with Crippen LogP contribution in [0.1, 0.15) is 31.9 Å². The van der Waals surface area contributed by atoms with E-state index in [4.69, 9.17) is 14.2 Å². The first-order valence-corrected chi connectivity index (χ1v) is 6.78. The lowest BCUT2D eigenvalue weighted by molar-refractivity contribution is 0.320. The summed E-state index contributed by atoms with van der Waals surface area (Å²) in [6.45, 7) is 9.12. The molecule has 0 bridgehead atoms. The Morgan fingerprint density at radius 3 is 2.25 bits per heavy atom. The van der Waals surface area contributed by atoms with Gasteiger partial charge < -0.3 is 19.5 Å². The molecular formula is C16H25NO3. The van der Waals surface area contributed by atoms with Crippen molar-refractivity contribution in [3.8, 4) is 17.2 Å². The summed E-state index contributed by atoms with van der Waals surface area (Å²) >= 11 is 0. The van der Waals surface area contributed by atoms with E-state index in [9.17, 15) is 0 Å². The second-order valence-corrected chi connectivity index (χ2v) is 4.66. The minimum atomic E-state index is 0.0321. The molecule has 0 spiro atoms. The molecule has 1 atom stereocenters. The van der Waals surface area contributed by atoms with E-state index in [0.717, 1.165) is 24.1 Å². The van der Waals surface area contributed by atoms with E-state index < -0.39 is 0 Å². The molecule has 1 rings (SSSR count). The van der Waals surface area contributed by atoms with Crippen LogP contribution < -0.4 is 19.5 Å². The molecule has 0 saturated carbocycles. The smallest absolute Gasteiger partial charge is 0.203 e. The third kappa shape index (κ3) is 3.45. The zero-order valence-electron chi connectivity index (χ0n) is 13.1. The van der Waals surface area contributed by atoms with E-state index in [1.54, 1.807) is 21.3 Å². The predicted molar refractivity (Wildman–Crippen MR) is 81.9 cm³/mol. The maximum Gasteiger partial charge on any atom is 0.203 e. The lowest BCUT2D eigenvalue weighted by Crippen LogP contribution is -2.23. The maximum atomic E-state index is 5.53. The average molecular weight is 279 g/mol. The number of ether oxygens (including phenoxy) is 3. The van der Waals surface area contributed by atoms with Gasteiger partial charge in [-0.3, -0.25) is 0 Å². The minimum Gasteiger partial charge on any atom is -0.493 e. The molecule has 0 aliphatic heterocycles. The van der Waals surface area contributed by atoms with Crippen molar-refractivity contribution in [2.45, 2.75) is 26.3 Å². The van der Waals surface area contributed by atoms with E-state index in [1.165, 1.54) is 0 Å². The molecule has 0 amide bonds. The quantitative estimate of drug-likeness (QED) is 0.741. The van der Waals surface area contributed by atoms with Gasteiger partial charge in [0.2, 0.25) is 5.75 Å². The van der Waals surface area contributed by atoms with Crippen LogP contribution in [0.2, 0.25) is 0 Å². The Hall–Kier alpha value is -1.68. The van der Waals surface area contributed by atoms with Crippen LogP contribution in [0.3, 0.4) is 0 Å². The summed E-state index contributed by atoms with van der Waals surface area (Å²) in [5.74, 6) is 1.95. The van der Waals surface area contributed by atoms with Crippen LogP contribution in [0.5, 0.6) is 17.2 Å². The van der Waals surface area contributed by atoms with E-state index in [0.29, 0.717) is 17.2 Å². The summed E-state index contributed by atoms with van der Waals surface area (Å²) in [4.78, 5) is 0. The third-order valence-corrected chi connectivity index (χ3v) is 3.14. The van der Waals surface area contributed by atoms with Crippen molar-refractivity contribution in [2.24, 2.45) is 0 Å². The van der Waals surface area contributed by atoms with Gasteiger partial charge in [-0.2, -0.15) is 0 Å². The molecule has 4 heteroatoms. The van der Waals surface area contributed by atoms with Gasteiger partial charge in [0.1, 0.15) is 0 Å². The van der Waals surface area contributed by atoms with E-state index >= 15 is 0 Å². The molecule has 1 unspecified atom stereocenters. The van der Waals surface area contributed by atoms with Crippen molar-refractivity contribution >= 4 is 0 Å². The van der Waals surface area contributed by atoms with Crippen LogP contribution in [0.15, 0.2) is 24.3 Å². The Kier molecular flexibility index (Phi) is 6.39. The topological polar surface area (TPSA) is 39.7 Å². The van der Waals surface area contributed by atoms with Crippen molar-refractivity contribution < 1.29 is 14.2 Å². The highest BCUT2D eigenvalue weighted by Crippen LogP contribution is 2.43. The Morgan fingerprint density at radius 1 is 1.15 bits per heavy atom. The van der Waals surface area contributed by atoms with E-state index in [-0.39, 0.29) is 6.04 Å². The molecule has 4 nitrogen and oxygen atoms in total. The van der Waals surface area contributed by atoms with Gasteiger partial charge in [0.05, 0.1) is 27.4 Å². The molecule has 0 aliphatic rings. The van der Waals surface area contributed by atoms with Gasteiger partial charge in [-0.15, -0.1) is 0 Å². The Labute approximate surface area is 121 Å². The van der Waals surface area contributed by atoms with Crippen molar-refractivity contribution in [3.63, 3.8) is 0 Å². The highest BCUT2D eigenvalue weighted by molar-refractivity contribution is 5.57. The van der Waals surface area contributed by atoms with Crippen LogP contribution in [0, 0.1) is 0 Å². The summed E-state index contributed by atoms with van der Waals surface area (Å²) in [5.41, 5.74) is 2.04. The van der Waals surface area contributed by atoms with Crippen LogP contribution in [0.25, 0.3) is 0 Å². The highest BCUT2D eigenvalue weighted by Gasteiger charge is 2.22. The monoisotopic (exact) mass is 279 g/mol. The summed E-state index contributed by atoms with van der Waals surface area (Å²) in [6, 6.07) is 3.91. The van der Waals surface area contributed by atoms with Gasteiger partial charge in [0.25, 0.3) is 0 Å². The molecule has 0 heterocycles. The normalized spacial score (nSPS) is 11.8. The first kappa shape index (κ1) is 16.4. The fraction of sp³-hybridized carbons (Fsp3) is 0.500. The van der Waals surface area contributed by atoms with Crippen molar-refractivity contribution in [2.75, 3.05) is 27.9 Å². The average Bonchev–Trinajstić information content (AvgIpc) is 2.46. The van der Waals surface area contributed by atoms with Gasteiger partial charge in [0.15, 0.2) is 11.5 Å². The zero-order chi connectivity index (χ0) is 15.1. The molecule has 1 N–H and O–H groups in total. The van der Waals surface area contributed by atoms with Gasteiger partial charge in [0, 0.05) is 5.56 Å². The van der Waals surface area contributed by atoms with Crippen molar-refractivity contribution in [3.05, 3.63) is 29.8 Å². The largest absolute Gasteiger partial charge is 0.493 e. The standard InChI is InChI=1S/C16H25NO3/c1-7-10-17-14(11(2)3)12-8-9-13(18-4)16(20-6)15(12)19-5/h8-9,14,17H,2,7,10H2,1,3-6H3. The lowest BCUT2D eigenvalue weighted by Gasteiger charge is -2.23. The Morgan fingerprint density at radius 2 is 1.80 bits per heavy atom. The number of rotatable bonds is 8. The molecule has 112 valence electrons. The van der Waals surface area contributed by atoms with E-state index in [2.05, 4.69) is 18.8 Å². The molecule has 0 saturated heterocycles. The summed E-state index contributed by atoms with van der Waals surface area (Å²) in [5, 5.41) is 3.47. The summed E-state index contributed by atoms with van der Waals surface area (Å²) in [6.07, 6.45) is 1.05. The molecule has 0 aromatic heterocycles. The minimum absolute atomic E-state index is 0.0321. The fourth-order valence-electron chi connectivity index (χ4n) is 2.19. The number of nitrogens with one attached hydrogen (secondary N) is 1. The van der Waals surface area contributed by atoms with Crippen LogP contribution in [0.4, 0.5) is 0 Å². The van der Waals surface area contributed by atoms with Crippen LogP contribution in [-0.2, 0) is 0 Å². The van der Waals surface area contributed by atoms with Gasteiger partial charge >= 0.3 is 0 Å². The third-order valence-electron chi connectivity index (χ3n) is 3.14. The fourth-order valence-corrected chi connectivity index (χ4v) is 2.19. The van der Waals surface area contributed by atoms with Crippen LogP contribution >= 0.6 is 0 Å². The number of hydrogen-bond acceptors (Lipinski definition) is 4. The van der Waals surface area contributed by atoms with Crippen molar-refractivity contribution in [1.29, 1.82) is 0 Å². The van der Waals surface area contributed by atoms with E-state index in [1.807, 2.05) is 19.1 Å². The molecule has 0 fully saturated rings. The number of benzene rings is 1. The zero-order valence-corrected chi connectivity index (χ0v) is 13.1. The lowest BCUT2D eigenvalue weighted by atomic mass is 9.99. The first-order chi connectivity index (χ1) is 9.60. The molecule has 20 heavy (non-hydrogen) atoms. The Balaban J connectivity index is 3.30. The second-order valence-electron chi connectivity index (χ2n) is 4.66. The van der Waals surface area contributed by atoms with Gasteiger partial charge in [-0.25, -0.2) is 0 Å². The van der Waals surface area contributed by atoms with Crippen molar-refractivity contribution in [1.82, 2.24) is 5.32 Å². The second kappa shape index (κ2) is 7.80. The Bertz CT molecular complexity index is 457. The maximum absolute atomic E-state index is 5.53. The molecule has 0 radical (unpaired) electrons. The summed E-state index contributed by atoms with van der Waals surface area (Å²) in [7, 11) is 4.86. The molecule has 1 aromatic carbocycles. The predicted octanol–water partition coefficient (Wildman–Crippen LogP) is 3.33. The molecular weight excluding hydrogens is 254 g/mol.